The second-order valence-corrected chi connectivity index (χ2v) is 9.77. The summed E-state index contributed by atoms with van der Waals surface area (Å²) in [4.78, 5) is 23.9. The van der Waals surface area contributed by atoms with Gasteiger partial charge in [-0.25, -0.2) is 0 Å². The highest BCUT2D eigenvalue weighted by Crippen LogP contribution is 2.48. The van der Waals surface area contributed by atoms with E-state index in [1.807, 2.05) is 19.9 Å². The molecule has 0 bridgehead atoms. The van der Waals surface area contributed by atoms with Gasteiger partial charge in [0.25, 0.3) is 5.69 Å². The van der Waals surface area contributed by atoms with Gasteiger partial charge in [-0.05, 0) is 42.2 Å². The highest BCUT2D eigenvalue weighted by Gasteiger charge is 2.43. The molecule has 1 aliphatic carbocycles. The first-order valence-electron chi connectivity index (χ1n) is 11.4. The van der Waals surface area contributed by atoms with Gasteiger partial charge in [-0.3, -0.25) is 14.9 Å². The number of nitriles is 1. The SMILES string of the molecule is COc1ccc([C@@H]2C(C#N)=C(N)OC3=C2C(=O)CC(C)(C)C3)cc1COc1ccc([N+](=O)[O-])c(C)c1. The molecule has 186 valence electrons. The first-order chi connectivity index (χ1) is 17.0. The Hall–Kier alpha value is -4.32. The van der Waals surface area contributed by atoms with Crippen molar-refractivity contribution in [3.05, 3.63) is 86.0 Å². The topological polar surface area (TPSA) is 138 Å². The van der Waals surface area contributed by atoms with Crippen molar-refractivity contribution in [1.82, 2.24) is 0 Å². The molecule has 0 aromatic heterocycles. The van der Waals surface area contributed by atoms with E-state index in [-0.39, 0.29) is 34.9 Å². The third-order valence-corrected chi connectivity index (χ3v) is 6.47. The number of ether oxygens (including phenoxy) is 3. The number of methoxy groups -OCH3 is 1. The highest BCUT2D eigenvalue weighted by atomic mass is 16.6. The van der Waals surface area contributed by atoms with Crippen LogP contribution in [0.3, 0.4) is 0 Å². The fourth-order valence-electron chi connectivity index (χ4n) is 4.79. The number of Topliss-reactive ketones (excluding diaryl/α,β-unsaturated/α-hetero) is 1. The number of hydrogen-bond acceptors (Lipinski definition) is 8. The molecule has 1 atom stereocenters. The summed E-state index contributed by atoms with van der Waals surface area (Å²) in [7, 11) is 1.54. The lowest BCUT2D eigenvalue weighted by Gasteiger charge is -2.37. The molecule has 36 heavy (non-hydrogen) atoms. The second kappa shape index (κ2) is 9.38. The molecular weight excluding hydrogens is 462 g/mol. The summed E-state index contributed by atoms with van der Waals surface area (Å²) in [6.07, 6.45) is 0.880. The minimum absolute atomic E-state index is 0.00160. The van der Waals surface area contributed by atoms with Crippen molar-refractivity contribution in [3.63, 3.8) is 0 Å². The third kappa shape index (κ3) is 4.62. The Morgan fingerprint density at radius 1 is 1.25 bits per heavy atom. The van der Waals surface area contributed by atoms with E-state index in [9.17, 15) is 20.2 Å². The van der Waals surface area contributed by atoms with E-state index in [0.29, 0.717) is 52.4 Å². The van der Waals surface area contributed by atoms with E-state index in [1.54, 1.807) is 25.1 Å². The molecule has 1 heterocycles. The maximum Gasteiger partial charge on any atom is 0.272 e. The van der Waals surface area contributed by atoms with Crippen molar-refractivity contribution in [2.45, 2.75) is 46.1 Å². The van der Waals surface area contributed by atoms with Crippen LogP contribution in [0.4, 0.5) is 5.69 Å². The number of nitrogens with two attached hydrogens (primary N) is 1. The number of hydrogen-bond donors (Lipinski definition) is 1. The molecule has 0 radical (unpaired) electrons. The molecule has 4 rings (SSSR count). The lowest BCUT2D eigenvalue weighted by atomic mass is 9.70. The summed E-state index contributed by atoms with van der Waals surface area (Å²) in [6, 6.07) is 12.1. The van der Waals surface area contributed by atoms with Crippen molar-refractivity contribution < 1.29 is 23.9 Å². The van der Waals surface area contributed by atoms with Crippen LogP contribution in [0.25, 0.3) is 0 Å². The normalized spacial score (nSPS) is 18.8. The molecule has 0 saturated heterocycles. The van der Waals surface area contributed by atoms with Gasteiger partial charge in [0.1, 0.15) is 35.5 Å². The van der Waals surface area contributed by atoms with Crippen molar-refractivity contribution in [2.24, 2.45) is 11.1 Å². The first-order valence-corrected chi connectivity index (χ1v) is 11.4. The lowest BCUT2D eigenvalue weighted by Crippen LogP contribution is -2.33. The number of carbonyl (C=O) groups is 1. The monoisotopic (exact) mass is 489 g/mol. The fourth-order valence-corrected chi connectivity index (χ4v) is 4.79. The van der Waals surface area contributed by atoms with E-state index in [0.717, 1.165) is 0 Å². The number of rotatable bonds is 6. The number of aryl methyl sites for hydroxylation is 1. The first kappa shape index (κ1) is 24.8. The van der Waals surface area contributed by atoms with Crippen LogP contribution in [-0.2, 0) is 16.1 Å². The minimum Gasteiger partial charge on any atom is -0.496 e. The number of carbonyl (C=O) groups excluding carboxylic acids is 1. The van der Waals surface area contributed by atoms with Gasteiger partial charge in [-0.15, -0.1) is 0 Å². The van der Waals surface area contributed by atoms with Crippen LogP contribution in [0.2, 0.25) is 0 Å². The standard InChI is InChI=1S/C27H27N3O6/c1-15-9-18(6-7-20(15)30(32)33)35-14-17-10-16(5-8-22(17)34-4)24-19(13-28)26(29)36-23-12-27(2,3)11-21(31)25(23)24/h5-10,24H,11-12,14,29H2,1-4H3/t24-/m1/s1. The zero-order valence-electron chi connectivity index (χ0n) is 20.6. The summed E-state index contributed by atoms with van der Waals surface area (Å²) in [5.41, 5.74) is 8.37. The van der Waals surface area contributed by atoms with Gasteiger partial charge in [0.15, 0.2) is 5.78 Å². The molecule has 2 aromatic carbocycles. The van der Waals surface area contributed by atoms with Crippen LogP contribution in [0, 0.1) is 33.8 Å². The van der Waals surface area contributed by atoms with Crippen LogP contribution in [-0.4, -0.2) is 17.8 Å². The van der Waals surface area contributed by atoms with Gasteiger partial charge in [0, 0.05) is 35.6 Å². The number of nitrogens with zero attached hydrogens (tertiary/aromatic N) is 2. The fraction of sp³-hybridized carbons (Fsp3) is 0.333. The van der Waals surface area contributed by atoms with Gasteiger partial charge in [0.2, 0.25) is 5.88 Å². The number of ketones is 1. The van der Waals surface area contributed by atoms with E-state index in [4.69, 9.17) is 19.9 Å². The lowest BCUT2D eigenvalue weighted by molar-refractivity contribution is -0.385. The summed E-state index contributed by atoms with van der Waals surface area (Å²) in [5.74, 6) is 0.808. The maximum absolute atomic E-state index is 13.2. The molecule has 0 fully saturated rings. The Bertz CT molecular complexity index is 1370. The summed E-state index contributed by atoms with van der Waals surface area (Å²) >= 11 is 0. The molecule has 0 spiro atoms. The van der Waals surface area contributed by atoms with Crippen molar-refractivity contribution in [3.8, 4) is 17.6 Å². The second-order valence-electron chi connectivity index (χ2n) is 9.77. The number of allylic oxidation sites excluding steroid dienone is 3. The van der Waals surface area contributed by atoms with Gasteiger partial charge in [-0.2, -0.15) is 5.26 Å². The molecule has 2 aromatic rings. The smallest absolute Gasteiger partial charge is 0.272 e. The van der Waals surface area contributed by atoms with Gasteiger partial charge >= 0.3 is 0 Å². The molecule has 9 nitrogen and oxygen atoms in total. The zero-order chi connectivity index (χ0) is 26.2. The highest BCUT2D eigenvalue weighted by molar-refractivity contribution is 6.00. The maximum atomic E-state index is 13.2. The zero-order valence-corrected chi connectivity index (χ0v) is 20.6. The number of nitro benzene ring substituents is 1. The van der Waals surface area contributed by atoms with E-state index in [2.05, 4.69) is 6.07 Å². The molecule has 0 amide bonds. The summed E-state index contributed by atoms with van der Waals surface area (Å²) in [5, 5.41) is 21.0. The van der Waals surface area contributed by atoms with Crippen molar-refractivity contribution in [1.29, 1.82) is 5.26 Å². The largest absolute Gasteiger partial charge is 0.496 e. The van der Waals surface area contributed by atoms with E-state index in [1.165, 1.54) is 19.2 Å². The molecule has 1 aliphatic heterocycles. The van der Waals surface area contributed by atoms with Crippen LogP contribution in [0.15, 0.2) is 59.2 Å². The molecule has 9 heteroatoms. The van der Waals surface area contributed by atoms with Gasteiger partial charge < -0.3 is 19.9 Å². The molecule has 2 N–H and O–H groups in total. The Labute approximate surface area is 208 Å². The summed E-state index contributed by atoms with van der Waals surface area (Å²) < 4.78 is 17.2. The quantitative estimate of drug-likeness (QED) is 0.445. The molecular formula is C27H27N3O6. The molecule has 0 saturated carbocycles. The predicted molar refractivity (Wildman–Crippen MR) is 131 cm³/mol. The predicted octanol–water partition coefficient (Wildman–Crippen LogP) is 4.94. The van der Waals surface area contributed by atoms with Gasteiger partial charge in [-0.1, -0.05) is 19.9 Å². The minimum atomic E-state index is -0.659. The van der Waals surface area contributed by atoms with Gasteiger partial charge in [0.05, 0.1) is 18.0 Å². The average molecular weight is 490 g/mol. The Morgan fingerprint density at radius 3 is 2.64 bits per heavy atom. The number of nitro groups is 1. The Balaban J connectivity index is 1.71. The molecule has 2 aliphatic rings. The van der Waals surface area contributed by atoms with Crippen molar-refractivity contribution >= 4 is 11.5 Å². The van der Waals surface area contributed by atoms with Crippen LogP contribution < -0.4 is 15.2 Å². The summed E-state index contributed by atoms with van der Waals surface area (Å²) in [6.45, 7) is 5.74. The van der Waals surface area contributed by atoms with Crippen molar-refractivity contribution in [2.75, 3.05) is 7.11 Å². The average Bonchev–Trinajstić information content (AvgIpc) is 2.80. The molecule has 0 unspecified atom stereocenters. The van der Waals surface area contributed by atoms with Crippen LogP contribution in [0.5, 0.6) is 11.5 Å². The van der Waals surface area contributed by atoms with E-state index < -0.39 is 10.8 Å². The number of benzene rings is 2. The third-order valence-electron chi connectivity index (χ3n) is 6.47. The van der Waals surface area contributed by atoms with Crippen LogP contribution >= 0.6 is 0 Å². The Morgan fingerprint density at radius 2 is 2.00 bits per heavy atom. The van der Waals surface area contributed by atoms with E-state index >= 15 is 0 Å². The van der Waals surface area contributed by atoms with Crippen LogP contribution in [0.1, 0.15) is 49.3 Å². The Kier molecular flexibility index (Phi) is 6.46.